The van der Waals surface area contributed by atoms with Crippen molar-refractivity contribution in [2.45, 2.75) is 38.7 Å². The molecule has 0 saturated heterocycles. The summed E-state index contributed by atoms with van der Waals surface area (Å²) in [5.74, 6) is -1.33. The highest BCUT2D eigenvalue weighted by molar-refractivity contribution is 5.82. The van der Waals surface area contributed by atoms with Gasteiger partial charge >= 0.3 is 6.18 Å². The van der Waals surface area contributed by atoms with Crippen LogP contribution in [-0.2, 0) is 24.1 Å². The zero-order valence-electron chi connectivity index (χ0n) is 17.7. The number of carbonyl (C=O) groups is 1. The van der Waals surface area contributed by atoms with Crippen LogP contribution in [0.4, 0.5) is 24.9 Å². The highest BCUT2D eigenvalue weighted by Crippen LogP contribution is 2.34. The van der Waals surface area contributed by atoms with E-state index in [0.29, 0.717) is 17.6 Å². The summed E-state index contributed by atoms with van der Waals surface area (Å²) < 4.78 is 40.0. The number of alkyl halides is 3. The standard InChI is InChI=1S/C22H23F3N6O2/c1-2-17(19(26)33)30-20-16(22(23,24)25)11-28-21(31-20)27-10-13-6-8-14(9-7-13)18-5-3-4-15(12-32)29-18/h3-9,11,17,32H,2,10,12H2,1H3,(H2,26,33)(H2,27,28,30,31)/t17-/m1/s1. The van der Waals surface area contributed by atoms with Gasteiger partial charge in [0.25, 0.3) is 0 Å². The van der Waals surface area contributed by atoms with Crippen molar-refractivity contribution in [1.82, 2.24) is 15.0 Å². The Kier molecular flexibility index (Phi) is 7.44. The normalized spacial score (nSPS) is 12.3. The summed E-state index contributed by atoms with van der Waals surface area (Å²) in [4.78, 5) is 23.5. The number of hydrogen-bond acceptors (Lipinski definition) is 7. The Morgan fingerprint density at radius 3 is 2.48 bits per heavy atom. The Labute approximate surface area is 188 Å². The third-order valence-electron chi connectivity index (χ3n) is 4.83. The van der Waals surface area contributed by atoms with Crippen molar-refractivity contribution in [3.8, 4) is 11.3 Å². The number of aliphatic hydroxyl groups excluding tert-OH is 1. The molecule has 0 saturated carbocycles. The topological polar surface area (TPSA) is 126 Å². The van der Waals surface area contributed by atoms with Crippen LogP contribution in [0.3, 0.4) is 0 Å². The summed E-state index contributed by atoms with van der Waals surface area (Å²) in [7, 11) is 0. The molecule has 174 valence electrons. The van der Waals surface area contributed by atoms with Crippen LogP contribution in [-0.4, -0.2) is 32.0 Å². The summed E-state index contributed by atoms with van der Waals surface area (Å²) in [5, 5.41) is 14.6. The van der Waals surface area contributed by atoms with Gasteiger partial charge in [-0.15, -0.1) is 0 Å². The van der Waals surface area contributed by atoms with Crippen molar-refractivity contribution < 1.29 is 23.1 Å². The van der Waals surface area contributed by atoms with E-state index >= 15 is 0 Å². The van der Waals surface area contributed by atoms with Crippen LogP contribution in [0.2, 0.25) is 0 Å². The molecule has 2 heterocycles. The van der Waals surface area contributed by atoms with Crippen LogP contribution < -0.4 is 16.4 Å². The van der Waals surface area contributed by atoms with Crippen molar-refractivity contribution in [1.29, 1.82) is 0 Å². The summed E-state index contributed by atoms with van der Waals surface area (Å²) in [6.45, 7) is 1.72. The van der Waals surface area contributed by atoms with Crippen LogP contribution in [0, 0.1) is 0 Å². The number of pyridine rings is 1. The van der Waals surface area contributed by atoms with E-state index in [1.165, 1.54) is 0 Å². The molecule has 0 aliphatic heterocycles. The minimum Gasteiger partial charge on any atom is -0.390 e. The lowest BCUT2D eigenvalue weighted by atomic mass is 10.1. The predicted octanol–water partition coefficient (Wildman–Crippen LogP) is 3.34. The minimum absolute atomic E-state index is 0.0359. The molecule has 8 nitrogen and oxygen atoms in total. The van der Waals surface area contributed by atoms with Gasteiger partial charge in [0.05, 0.1) is 18.0 Å². The van der Waals surface area contributed by atoms with E-state index in [0.717, 1.165) is 11.1 Å². The second kappa shape index (κ2) is 10.3. The fraction of sp³-hybridized carbons (Fsp3) is 0.273. The number of rotatable bonds is 9. The van der Waals surface area contributed by atoms with Crippen LogP contribution in [0.15, 0.2) is 48.7 Å². The van der Waals surface area contributed by atoms with Gasteiger partial charge in [-0.25, -0.2) is 4.98 Å². The van der Waals surface area contributed by atoms with Gasteiger partial charge in [-0.1, -0.05) is 37.3 Å². The molecule has 1 atom stereocenters. The molecule has 0 fully saturated rings. The smallest absolute Gasteiger partial charge is 0.390 e. The number of primary amides is 1. The van der Waals surface area contributed by atoms with Gasteiger partial charge in [0.2, 0.25) is 11.9 Å². The quantitative estimate of drug-likeness (QED) is 0.386. The Balaban J connectivity index is 1.75. The van der Waals surface area contributed by atoms with Crippen LogP contribution >= 0.6 is 0 Å². The fourth-order valence-corrected chi connectivity index (χ4v) is 3.03. The van der Waals surface area contributed by atoms with Gasteiger partial charge in [-0.3, -0.25) is 9.78 Å². The van der Waals surface area contributed by atoms with E-state index in [1.54, 1.807) is 19.1 Å². The highest BCUT2D eigenvalue weighted by Gasteiger charge is 2.36. The zero-order chi connectivity index (χ0) is 24.0. The van der Waals surface area contributed by atoms with E-state index in [1.807, 2.05) is 30.3 Å². The van der Waals surface area contributed by atoms with Crippen molar-refractivity contribution in [2.75, 3.05) is 10.6 Å². The molecule has 2 aromatic heterocycles. The molecule has 1 aromatic carbocycles. The molecule has 0 spiro atoms. The van der Waals surface area contributed by atoms with Crippen LogP contribution in [0.1, 0.15) is 30.2 Å². The lowest BCUT2D eigenvalue weighted by Crippen LogP contribution is -2.35. The first-order valence-electron chi connectivity index (χ1n) is 10.1. The molecule has 1 amide bonds. The van der Waals surface area contributed by atoms with Gasteiger partial charge in [0, 0.05) is 18.3 Å². The number of hydrogen-bond donors (Lipinski definition) is 4. The second-order valence-corrected chi connectivity index (χ2v) is 7.18. The van der Waals surface area contributed by atoms with Crippen molar-refractivity contribution in [3.05, 3.63) is 65.5 Å². The molecule has 0 aliphatic rings. The van der Waals surface area contributed by atoms with E-state index in [2.05, 4.69) is 25.6 Å². The number of amides is 1. The van der Waals surface area contributed by atoms with E-state index in [-0.39, 0.29) is 25.5 Å². The molecule has 0 unspecified atom stereocenters. The maximum Gasteiger partial charge on any atom is 0.421 e. The average molecular weight is 460 g/mol. The Bertz CT molecular complexity index is 1110. The van der Waals surface area contributed by atoms with Crippen molar-refractivity contribution in [2.24, 2.45) is 5.73 Å². The first-order valence-corrected chi connectivity index (χ1v) is 10.1. The molecular formula is C22H23F3N6O2. The van der Waals surface area contributed by atoms with E-state index in [4.69, 9.17) is 5.73 Å². The Morgan fingerprint density at radius 1 is 1.15 bits per heavy atom. The third kappa shape index (κ3) is 6.16. The van der Waals surface area contributed by atoms with E-state index < -0.39 is 29.5 Å². The number of anilines is 2. The van der Waals surface area contributed by atoms with Crippen LogP contribution in [0.5, 0.6) is 0 Å². The fourth-order valence-electron chi connectivity index (χ4n) is 3.03. The molecule has 33 heavy (non-hydrogen) atoms. The Morgan fingerprint density at radius 2 is 1.88 bits per heavy atom. The molecular weight excluding hydrogens is 437 g/mol. The maximum atomic E-state index is 13.3. The number of benzene rings is 1. The first kappa shape index (κ1) is 23.9. The van der Waals surface area contributed by atoms with Gasteiger partial charge in [0.15, 0.2) is 0 Å². The van der Waals surface area contributed by atoms with Gasteiger partial charge in [-0.2, -0.15) is 18.2 Å². The summed E-state index contributed by atoms with van der Waals surface area (Å²) in [6.07, 6.45) is -3.84. The number of nitrogens with two attached hydrogens (primary N) is 1. The largest absolute Gasteiger partial charge is 0.421 e. The number of nitrogens with zero attached hydrogens (tertiary/aromatic N) is 3. The SMILES string of the molecule is CC[C@@H](Nc1nc(NCc2ccc(-c3cccc(CO)n3)cc2)ncc1C(F)(F)F)C(N)=O. The second-order valence-electron chi connectivity index (χ2n) is 7.18. The summed E-state index contributed by atoms with van der Waals surface area (Å²) in [6, 6.07) is 11.7. The third-order valence-corrected chi connectivity index (χ3v) is 4.83. The van der Waals surface area contributed by atoms with Crippen molar-refractivity contribution >= 4 is 17.7 Å². The number of aromatic nitrogens is 3. The molecule has 3 aromatic rings. The summed E-state index contributed by atoms with van der Waals surface area (Å²) >= 11 is 0. The molecule has 3 rings (SSSR count). The lowest BCUT2D eigenvalue weighted by Gasteiger charge is -2.18. The molecule has 0 radical (unpaired) electrons. The lowest BCUT2D eigenvalue weighted by molar-refractivity contribution is -0.137. The molecule has 0 bridgehead atoms. The molecule has 11 heteroatoms. The minimum atomic E-state index is -4.70. The number of aliphatic hydroxyl groups is 1. The summed E-state index contributed by atoms with van der Waals surface area (Å²) in [5.41, 5.74) is 7.10. The number of carbonyl (C=O) groups excluding carboxylic acids is 1. The monoisotopic (exact) mass is 460 g/mol. The van der Waals surface area contributed by atoms with Crippen molar-refractivity contribution in [3.63, 3.8) is 0 Å². The first-order chi connectivity index (χ1) is 15.7. The Hall–Kier alpha value is -3.73. The van der Waals surface area contributed by atoms with E-state index in [9.17, 15) is 23.1 Å². The molecule has 5 N–H and O–H groups in total. The zero-order valence-corrected chi connectivity index (χ0v) is 17.7. The van der Waals surface area contributed by atoms with Gasteiger partial charge in [0.1, 0.15) is 17.4 Å². The van der Waals surface area contributed by atoms with Gasteiger partial charge in [-0.05, 0) is 24.1 Å². The average Bonchev–Trinajstić information content (AvgIpc) is 2.80. The predicted molar refractivity (Wildman–Crippen MR) is 117 cm³/mol. The maximum absolute atomic E-state index is 13.3. The number of halogens is 3. The van der Waals surface area contributed by atoms with Crippen LogP contribution in [0.25, 0.3) is 11.3 Å². The molecule has 0 aliphatic carbocycles. The highest BCUT2D eigenvalue weighted by atomic mass is 19.4. The number of nitrogens with one attached hydrogen (secondary N) is 2. The van der Waals surface area contributed by atoms with Gasteiger partial charge < -0.3 is 21.5 Å².